The van der Waals surface area contributed by atoms with Gasteiger partial charge in [-0.3, -0.25) is 4.79 Å². The van der Waals surface area contributed by atoms with E-state index in [-0.39, 0.29) is 11.8 Å². The second kappa shape index (κ2) is 8.51. The van der Waals surface area contributed by atoms with Crippen LogP contribution in [0.15, 0.2) is 78.9 Å². The van der Waals surface area contributed by atoms with Gasteiger partial charge in [-0.15, -0.1) is 0 Å². The lowest BCUT2D eigenvalue weighted by molar-refractivity contribution is -0.147. The Bertz CT molecular complexity index is 1020. The highest BCUT2D eigenvalue weighted by Gasteiger charge is 2.40. The molecule has 1 aliphatic carbocycles. The van der Waals surface area contributed by atoms with Crippen molar-refractivity contribution in [1.82, 2.24) is 5.32 Å². The highest BCUT2D eigenvalue weighted by atomic mass is 16.5. The Kier molecular flexibility index (Phi) is 5.63. The van der Waals surface area contributed by atoms with E-state index in [1.807, 2.05) is 78.9 Å². The number of methoxy groups -OCH3 is 2. The van der Waals surface area contributed by atoms with Crippen LogP contribution in [0.1, 0.15) is 28.7 Å². The fourth-order valence-corrected chi connectivity index (χ4v) is 4.21. The molecule has 5 heteroatoms. The number of benzene rings is 3. The van der Waals surface area contributed by atoms with Gasteiger partial charge in [0.05, 0.1) is 7.11 Å². The molecular formula is C25H23NO4. The summed E-state index contributed by atoms with van der Waals surface area (Å²) in [6, 6.07) is 24.2. The predicted molar refractivity (Wildman–Crippen MR) is 114 cm³/mol. The molecule has 1 amide bonds. The van der Waals surface area contributed by atoms with E-state index in [2.05, 4.69) is 5.32 Å². The first-order chi connectivity index (χ1) is 14.7. The topological polar surface area (TPSA) is 64.6 Å². The lowest BCUT2D eigenvalue weighted by Crippen LogP contribution is -2.47. The summed E-state index contributed by atoms with van der Waals surface area (Å²) in [5, 5.41) is 2.90. The van der Waals surface area contributed by atoms with Crippen molar-refractivity contribution in [2.45, 2.75) is 18.1 Å². The zero-order valence-electron chi connectivity index (χ0n) is 16.9. The molecular weight excluding hydrogens is 378 g/mol. The second-order valence-electron chi connectivity index (χ2n) is 7.19. The van der Waals surface area contributed by atoms with Crippen LogP contribution in [-0.4, -0.2) is 32.1 Å². The van der Waals surface area contributed by atoms with E-state index in [4.69, 9.17) is 9.47 Å². The number of carbonyl (C=O) groups excluding carboxylic acids is 2. The Hall–Kier alpha value is -3.44. The minimum Gasteiger partial charge on any atom is -0.467 e. The number of nitrogens with one attached hydrogen (secondary N) is 1. The fourth-order valence-electron chi connectivity index (χ4n) is 4.21. The Labute approximate surface area is 175 Å². The normalized spacial score (nSPS) is 14.3. The Morgan fingerprint density at radius 3 is 1.87 bits per heavy atom. The molecule has 3 aromatic rings. The number of hydrogen-bond acceptors (Lipinski definition) is 4. The maximum atomic E-state index is 13.1. The summed E-state index contributed by atoms with van der Waals surface area (Å²) < 4.78 is 10.5. The zero-order chi connectivity index (χ0) is 21.1. The zero-order valence-corrected chi connectivity index (χ0v) is 16.9. The first-order valence-corrected chi connectivity index (χ1v) is 9.80. The predicted octanol–water partition coefficient (Wildman–Crippen LogP) is 3.84. The maximum Gasteiger partial charge on any atom is 0.329 e. The molecule has 0 saturated carbocycles. The largest absolute Gasteiger partial charge is 0.467 e. The number of ether oxygens (including phenoxy) is 2. The van der Waals surface area contributed by atoms with Crippen molar-refractivity contribution in [2.75, 3.05) is 14.2 Å². The minimum absolute atomic E-state index is 0.345. The highest BCUT2D eigenvalue weighted by molar-refractivity contribution is 5.91. The summed E-state index contributed by atoms with van der Waals surface area (Å²) in [5.41, 5.74) is 4.82. The number of hydrogen-bond donors (Lipinski definition) is 1. The molecule has 0 saturated heterocycles. The first-order valence-electron chi connectivity index (χ1n) is 9.80. The fraction of sp³-hybridized carbons (Fsp3) is 0.200. The summed E-state index contributed by atoms with van der Waals surface area (Å²) in [6.45, 7) is 0. The summed E-state index contributed by atoms with van der Waals surface area (Å²) in [4.78, 5) is 26.0. The summed E-state index contributed by atoms with van der Waals surface area (Å²) >= 11 is 0. The Morgan fingerprint density at radius 2 is 1.33 bits per heavy atom. The van der Waals surface area contributed by atoms with Crippen molar-refractivity contribution >= 4 is 11.9 Å². The van der Waals surface area contributed by atoms with Gasteiger partial charge in [0, 0.05) is 13.0 Å². The lowest BCUT2D eigenvalue weighted by atomic mass is 9.89. The van der Waals surface area contributed by atoms with E-state index in [1.54, 1.807) is 0 Å². The van der Waals surface area contributed by atoms with E-state index >= 15 is 0 Å². The van der Waals surface area contributed by atoms with Crippen LogP contribution in [0.5, 0.6) is 0 Å². The molecule has 0 heterocycles. The highest BCUT2D eigenvalue weighted by Crippen LogP contribution is 2.46. The van der Waals surface area contributed by atoms with Crippen LogP contribution in [0.4, 0.5) is 0 Å². The average molecular weight is 401 g/mol. The van der Waals surface area contributed by atoms with Gasteiger partial charge in [-0.25, -0.2) is 4.79 Å². The van der Waals surface area contributed by atoms with Crippen LogP contribution < -0.4 is 5.32 Å². The number of fused-ring (bicyclic) bond motifs is 3. The van der Waals surface area contributed by atoms with E-state index < -0.39 is 18.1 Å². The van der Waals surface area contributed by atoms with Gasteiger partial charge in [-0.1, -0.05) is 78.9 Å². The second-order valence-corrected chi connectivity index (χ2v) is 7.19. The van der Waals surface area contributed by atoms with Crippen molar-refractivity contribution < 1.29 is 19.1 Å². The maximum absolute atomic E-state index is 13.1. The first kappa shape index (κ1) is 19.9. The van der Waals surface area contributed by atoms with Gasteiger partial charge in [-0.2, -0.15) is 0 Å². The number of carbonyl (C=O) groups is 2. The lowest BCUT2D eigenvalue weighted by Gasteiger charge is -2.26. The Balaban J connectivity index is 1.72. The van der Waals surface area contributed by atoms with Gasteiger partial charge in [0.25, 0.3) is 5.91 Å². The molecule has 3 aromatic carbocycles. The van der Waals surface area contributed by atoms with Crippen molar-refractivity contribution in [3.05, 3.63) is 95.6 Å². The SMILES string of the molecule is COC(=O)[C@H](NC(=O)[C@@H](OC)c1ccccc1)C1c2ccccc2-c2ccccc21. The molecule has 0 radical (unpaired) electrons. The van der Waals surface area contributed by atoms with Gasteiger partial charge < -0.3 is 14.8 Å². The molecule has 0 spiro atoms. The standard InChI is InChI=1S/C25H23NO4/c1-29-23(16-10-4-3-5-11-16)24(27)26-22(25(28)30-2)21-19-14-8-6-12-17(19)18-13-7-9-15-20(18)21/h3-15,21-23H,1-2H3,(H,26,27)/t22-,23+/m1/s1. The van der Waals surface area contributed by atoms with Gasteiger partial charge >= 0.3 is 5.97 Å². The summed E-state index contributed by atoms with van der Waals surface area (Å²) in [6.07, 6.45) is -0.828. The van der Waals surface area contributed by atoms with Gasteiger partial charge in [-0.05, 0) is 27.8 Å². The molecule has 0 aromatic heterocycles. The molecule has 4 rings (SSSR count). The molecule has 30 heavy (non-hydrogen) atoms. The van der Waals surface area contributed by atoms with Crippen LogP contribution >= 0.6 is 0 Å². The van der Waals surface area contributed by atoms with Crippen LogP contribution in [0, 0.1) is 0 Å². The van der Waals surface area contributed by atoms with E-state index in [1.165, 1.54) is 14.2 Å². The molecule has 0 bridgehead atoms. The number of amides is 1. The number of esters is 1. The molecule has 2 atom stereocenters. The smallest absolute Gasteiger partial charge is 0.329 e. The van der Waals surface area contributed by atoms with Crippen molar-refractivity contribution in [2.24, 2.45) is 0 Å². The van der Waals surface area contributed by atoms with Gasteiger partial charge in [0.15, 0.2) is 6.10 Å². The molecule has 0 aliphatic heterocycles. The molecule has 0 unspecified atom stereocenters. The molecule has 1 N–H and O–H groups in total. The van der Waals surface area contributed by atoms with Gasteiger partial charge in [0.2, 0.25) is 0 Å². The monoisotopic (exact) mass is 401 g/mol. The molecule has 152 valence electrons. The Morgan fingerprint density at radius 1 is 0.800 bits per heavy atom. The van der Waals surface area contributed by atoms with E-state index in [9.17, 15) is 9.59 Å². The quantitative estimate of drug-likeness (QED) is 0.638. The molecule has 0 fully saturated rings. The van der Waals surface area contributed by atoms with Crippen molar-refractivity contribution in [3.63, 3.8) is 0 Å². The minimum atomic E-state index is -0.881. The average Bonchev–Trinajstić information content (AvgIpc) is 3.12. The van der Waals surface area contributed by atoms with E-state index in [0.29, 0.717) is 5.56 Å². The van der Waals surface area contributed by atoms with E-state index in [0.717, 1.165) is 22.3 Å². The van der Waals surface area contributed by atoms with Crippen LogP contribution in [0.2, 0.25) is 0 Å². The molecule has 5 nitrogen and oxygen atoms in total. The third-order valence-electron chi connectivity index (χ3n) is 5.54. The van der Waals surface area contributed by atoms with Crippen LogP contribution in [-0.2, 0) is 19.1 Å². The summed E-state index contributed by atoms with van der Waals surface area (Å²) in [5.74, 6) is -1.23. The molecule has 1 aliphatic rings. The van der Waals surface area contributed by atoms with Crippen LogP contribution in [0.25, 0.3) is 11.1 Å². The number of rotatable bonds is 6. The third kappa shape index (κ3) is 3.48. The van der Waals surface area contributed by atoms with Gasteiger partial charge in [0.1, 0.15) is 6.04 Å². The van der Waals surface area contributed by atoms with Crippen LogP contribution in [0.3, 0.4) is 0 Å². The third-order valence-corrected chi connectivity index (χ3v) is 5.54. The van der Waals surface area contributed by atoms with Crippen molar-refractivity contribution in [3.8, 4) is 11.1 Å². The summed E-state index contributed by atoms with van der Waals surface area (Å²) in [7, 11) is 2.81. The van der Waals surface area contributed by atoms with Crippen molar-refractivity contribution in [1.29, 1.82) is 0 Å².